The molecule has 6 nitrogen and oxygen atoms in total. The van der Waals surface area contributed by atoms with Crippen molar-refractivity contribution in [1.29, 1.82) is 0 Å². The van der Waals surface area contributed by atoms with Crippen molar-refractivity contribution >= 4 is 24.4 Å². The molecule has 1 aromatic carbocycles. The van der Waals surface area contributed by atoms with Gasteiger partial charge < -0.3 is 23.8 Å². The molecule has 0 bridgehead atoms. The fourth-order valence-corrected chi connectivity index (χ4v) is 4.04. The first-order chi connectivity index (χ1) is 13.7. The van der Waals surface area contributed by atoms with Gasteiger partial charge in [0.2, 0.25) is 0 Å². The minimum absolute atomic E-state index is 0.230. The van der Waals surface area contributed by atoms with Gasteiger partial charge in [-0.3, -0.25) is 0 Å². The molecular formula is C23H37BN2O4. The number of nitrogens with zero attached hydrogens (tertiary/aromatic N) is 2. The van der Waals surface area contributed by atoms with Gasteiger partial charge in [0.05, 0.1) is 11.2 Å². The SMILES string of the molecule is Cc1cc(B2OC(C)(C)C(C)(C)O2)cc(C)c1N1CCN(C(=O)OC(C)(C)C)CC1. The number of hydrogen-bond donors (Lipinski definition) is 0. The van der Waals surface area contributed by atoms with Crippen LogP contribution in [0.4, 0.5) is 10.5 Å². The topological polar surface area (TPSA) is 51.2 Å². The summed E-state index contributed by atoms with van der Waals surface area (Å²) in [5, 5.41) is 0. The smallest absolute Gasteiger partial charge is 0.444 e. The number of carbonyl (C=O) groups is 1. The van der Waals surface area contributed by atoms with E-state index in [0.29, 0.717) is 13.1 Å². The number of ether oxygens (including phenoxy) is 1. The summed E-state index contributed by atoms with van der Waals surface area (Å²) in [6.07, 6.45) is -0.230. The van der Waals surface area contributed by atoms with E-state index in [9.17, 15) is 4.79 Å². The van der Waals surface area contributed by atoms with Gasteiger partial charge in [-0.15, -0.1) is 0 Å². The highest BCUT2D eigenvalue weighted by Crippen LogP contribution is 2.37. The summed E-state index contributed by atoms with van der Waals surface area (Å²) in [6, 6.07) is 4.34. The van der Waals surface area contributed by atoms with E-state index in [0.717, 1.165) is 18.6 Å². The Hall–Kier alpha value is -1.73. The number of benzene rings is 1. The van der Waals surface area contributed by atoms with Crippen molar-refractivity contribution in [1.82, 2.24) is 4.90 Å². The molecule has 30 heavy (non-hydrogen) atoms. The molecule has 2 heterocycles. The Bertz CT molecular complexity index is 769. The van der Waals surface area contributed by atoms with E-state index >= 15 is 0 Å². The summed E-state index contributed by atoms with van der Waals surface area (Å²) in [6.45, 7) is 21.2. The Labute approximate surface area is 182 Å². The summed E-state index contributed by atoms with van der Waals surface area (Å²) in [5.74, 6) is 0. The van der Waals surface area contributed by atoms with Gasteiger partial charge in [0.25, 0.3) is 0 Å². The maximum atomic E-state index is 12.3. The molecule has 0 saturated carbocycles. The standard InChI is InChI=1S/C23H37BN2O4/c1-16-14-18(24-29-22(6,7)23(8,9)30-24)15-17(2)19(16)25-10-12-26(13-11-25)20(27)28-21(3,4)5/h14-15H,10-13H2,1-9H3. The predicted molar refractivity (Wildman–Crippen MR) is 122 cm³/mol. The summed E-state index contributed by atoms with van der Waals surface area (Å²) in [4.78, 5) is 16.5. The fourth-order valence-electron chi connectivity index (χ4n) is 4.04. The lowest BCUT2D eigenvalue weighted by molar-refractivity contribution is 0.00578. The van der Waals surface area contributed by atoms with Crippen LogP contribution in [-0.4, -0.2) is 61.1 Å². The van der Waals surface area contributed by atoms with Crippen LogP contribution in [0.15, 0.2) is 12.1 Å². The number of anilines is 1. The second-order valence-electron chi connectivity index (χ2n) is 10.5. The van der Waals surface area contributed by atoms with Gasteiger partial charge in [-0.25, -0.2) is 4.79 Å². The van der Waals surface area contributed by atoms with Crippen molar-refractivity contribution in [2.24, 2.45) is 0 Å². The van der Waals surface area contributed by atoms with E-state index < -0.39 is 5.60 Å². The van der Waals surface area contributed by atoms with Crippen LogP contribution >= 0.6 is 0 Å². The van der Waals surface area contributed by atoms with E-state index in [1.54, 1.807) is 4.90 Å². The first-order valence-electron chi connectivity index (χ1n) is 10.9. The average Bonchev–Trinajstić information content (AvgIpc) is 2.81. The van der Waals surface area contributed by atoms with Crippen LogP contribution in [0.5, 0.6) is 0 Å². The zero-order valence-electron chi connectivity index (χ0n) is 20.1. The summed E-state index contributed by atoms with van der Waals surface area (Å²) < 4.78 is 18.0. The van der Waals surface area contributed by atoms with Gasteiger partial charge in [0.1, 0.15) is 5.60 Å². The Balaban J connectivity index is 1.71. The second kappa shape index (κ2) is 7.76. The number of carbonyl (C=O) groups excluding carboxylic acids is 1. The summed E-state index contributed by atoms with van der Waals surface area (Å²) in [7, 11) is -0.356. The minimum Gasteiger partial charge on any atom is -0.444 e. The van der Waals surface area contributed by atoms with Crippen LogP contribution < -0.4 is 10.4 Å². The number of piperazine rings is 1. The molecule has 3 rings (SSSR count). The molecule has 2 fully saturated rings. The fraction of sp³-hybridized carbons (Fsp3) is 0.696. The van der Waals surface area contributed by atoms with Crippen LogP contribution in [0.25, 0.3) is 0 Å². The minimum atomic E-state index is -0.468. The van der Waals surface area contributed by atoms with Crippen molar-refractivity contribution in [3.63, 3.8) is 0 Å². The third-order valence-corrected chi connectivity index (χ3v) is 6.29. The van der Waals surface area contributed by atoms with Gasteiger partial charge in [0, 0.05) is 31.9 Å². The van der Waals surface area contributed by atoms with Gasteiger partial charge in [0.15, 0.2) is 0 Å². The molecule has 0 aliphatic carbocycles. The number of rotatable bonds is 2. The quantitative estimate of drug-likeness (QED) is 0.689. The van der Waals surface area contributed by atoms with Crippen molar-refractivity contribution < 1.29 is 18.8 Å². The monoisotopic (exact) mass is 416 g/mol. The highest BCUT2D eigenvalue weighted by molar-refractivity contribution is 6.62. The molecule has 0 aromatic heterocycles. The lowest BCUT2D eigenvalue weighted by Crippen LogP contribution is -2.50. The maximum Gasteiger partial charge on any atom is 0.494 e. The zero-order valence-corrected chi connectivity index (χ0v) is 20.1. The van der Waals surface area contributed by atoms with Crippen LogP contribution in [0, 0.1) is 13.8 Å². The molecule has 0 unspecified atom stereocenters. The largest absolute Gasteiger partial charge is 0.494 e. The molecule has 1 aromatic rings. The third-order valence-electron chi connectivity index (χ3n) is 6.29. The maximum absolute atomic E-state index is 12.3. The highest BCUT2D eigenvalue weighted by Gasteiger charge is 2.51. The van der Waals surface area contributed by atoms with Gasteiger partial charge >= 0.3 is 13.2 Å². The lowest BCUT2D eigenvalue weighted by atomic mass is 9.77. The molecule has 2 aliphatic rings. The Kier molecular flexibility index (Phi) is 5.93. The van der Waals surface area contributed by atoms with E-state index in [2.05, 4.69) is 58.6 Å². The molecule has 0 radical (unpaired) electrons. The van der Waals surface area contributed by atoms with Gasteiger partial charge in [-0.2, -0.15) is 0 Å². The number of hydrogen-bond acceptors (Lipinski definition) is 5. The molecule has 2 saturated heterocycles. The molecule has 7 heteroatoms. The molecule has 0 N–H and O–H groups in total. The van der Waals surface area contributed by atoms with Crippen LogP contribution in [-0.2, 0) is 14.0 Å². The van der Waals surface area contributed by atoms with Crippen molar-refractivity contribution in [3.8, 4) is 0 Å². The second-order valence-corrected chi connectivity index (χ2v) is 10.5. The zero-order chi connectivity index (χ0) is 22.5. The van der Waals surface area contributed by atoms with Crippen molar-refractivity contribution in [3.05, 3.63) is 23.3 Å². The molecule has 0 atom stereocenters. The molecule has 166 valence electrons. The first kappa shape index (κ1) is 22.9. The van der Waals surface area contributed by atoms with Gasteiger partial charge in [-0.1, -0.05) is 12.1 Å². The van der Waals surface area contributed by atoms with E-state index in [1.165, 1.54) is 16.8 Å². The Morgan fingerprint density at radius 2 is 1.43 bits per heavy atom. The molecular weight excluding hydrogens is 379 g/mol. The normalized spacial score (nSPS) is 21.2. The lowest BCUT2D eigenvalue weighted by Gasteiger charge is -2.38. The van der Waals surface area contributed by atoms with E-state index in [1.807, 2.05) is 20.8 Å². The summed E-state index contributed by atoms with van der Waals surface area (Å²) in [5.41, 5.74) is 3.52. The average molecular weight is 416 g/mol. The number of aryl methyl sites for hydroxylation is 2. The molecule has 2 aliphatic heterocycles. The predicted octanol–water partition coefficient (Wildman–Crippen LogP) is 3.66. The molecule has 0 spiro atoms. The first-order valence-corrected chi connectivity index (χ1v) is 10.9. The van der Waals surface area contributed by atoms with Gasteiger partial charge in [-0.05, 0) is 78.9 Å². The molecule has 1 amide bonds. The van der Waals surface area contributed by atoms with E-state index in [-0.39, 0.29) is 24.4 Å². The Morgan fingerprint density at radius 1 is 0.967 bits per heavy atom. The van der Waals surface area contributed by atoms with Crippen molar-refractivity contribution in [2.45, 2.75) is 79.1 Å². The summed E-state index contributed by atoms with van der Waals surface area (Å²) >= 11 is 0. The van der Waals surface area contributed by atoms with E-state index in [4.69, 9.17) is 14.0 Å². The highest BCUT2D eigenvalue weighted by atomic mass is 16.7. The van der Waals surface area contributed by atoms with Crippen LogP contribution in [0.2, 0.25) is 0 Å². The third kappa shape index (κ3) is 4.62. The van der Waals surface area contributed by atoms with Crippen molar-refractivity contribution in [2.75, 3.05) is 31.1 Å². The van der Waals surface area contributed by atoms with Crippen LogP contribution in [0.1, 0.15) is 59.6 Å². The number of amides is 1. The van der Waals surface area contributed by atoms with Crippen LogP contribution in [0.3, 0.4) is 0 Å². The Morgan fingerprint density at radius 3 is 1.87 bits per heavy atom.